The van der Waals surface area contributed by atoms with Gasteiger partial charge in [0, 0.05) is 50.3 Å². The maximum Gasteiger partial charge on any atom is 0.255 e. The molecule has 1 aliphatic rings. The van der Waals surface area contributed by atoms with E-state index in [1.165, 1.54) is 11.1 Å². The SMILES string of the molecule is Cc1ccccc1CN1CCCN(C(=O)c2cnc3c(cnn3C(C)C)c2)CC1. The molecule has 0 atom stereocenters. The fraction of sp³-hybridized carbons (Fsp3) is 0.435. The van der Waals surface area contributed by atoms with Crippen LogP contribution in [0.1, 0.15) is 47.8 Å². The zero-order chi connectivity index (χ0) is 20.4. The van der Waals surface area contributed by atoms with E-state index in [1.807, 2.05) is 15.6 Å². The van der Waals surface area contributed by atoms with Gasteiger partial charge in [0.05, 0.1) is 11.8 Å². The van der Waals surface area contributed by atoms with Crippen molar-refractivity contribution in [1.29, 1.82) is 0 Å². The number of nitrogens with zero attached hydrogens (tertiary/aromatic N) is 5. The number of rotatable bonds is 4. The second kappa shape index (κ2) is 8.33. The number of aromatic nitrogens is 3. The van der Waals surface area contributed by atoms with Gasteiger partial charge in [-0.05, 0) is 44.4 Å². The molecular weight excluding hydrogens is 362 g/mol. The smallest absolute Gasteiger partial charge is 0.255 e. The van der Waals surface area contributed by atoms with Gasteiger partial charge >= 0.3 is 0 Å². The third-order valence-electron chi connectivity index (χ3n) is 5.70. The van der Waals surface area contributed by atoms with Crippen molar-refractivity contribution in [3.63, 3.8) is 0 Å². The van der Waals surface area contributed by atoms with Gasteiger partial charge in [0.15, 0.2) is 5.65 Å². The highest BCUT2D eigenvalue weighted by atomic mass is 16.2. The molecule has 0 radical (unpaired) electrons. The first-order chi connectivity index (χ1) is 14.0. The summed E-state index contributed by atoms with van der Waals surface area (Å²) >= 11 is 0. The molecule has 1 aromatic carbocycles. The van der Waals surface area contributed by atoms with Crippen molar-refractivity contribution >= 4 is 16.9 Å². The predicted octanol–water partition coefficient (Wildman–Crippen LogP) is 3.67. The molecule has 0 aliphatic carbocycles. The third-order valence-corrected chi connectivity index (χ3v) is 5.70. The van der Waals surface area contributed by atoms with Crippen molar-refractivity contribution in [2.24, 2.45) is 0 Å². The number of carbonyl (C=O) groups excluding carboxylic acids is 1. The number of carbonyl (C=O) groups is 1. The molecule has 1 amide bonds. The Labute approximate surface area is 172 Å². The van der Waals surface area contributed by atoms with E-state index in [-0.39, 0.29) is 11.9 Å². The summed E-state index contributed by atoms with van der Waals surface area (Å²) in [7, 11) is 0. The summed E-state index contributed by atoms with van der Waals surface area (Å²) in [5, 5.41) is 5.32. The van der Waals surface area contributed by atoms with Crippen LogP contribution in [0, 0.1) is 6.92 Å². The lowest BCUT2D eigenvalue weighted by molar-refractivity contribution is 0.0761. The summed E-state index contributed by atoms with van der Waals surface area (Å²) in [5.74, 6) is 0.0643. The van der Waals surface area contributed by atoms with Crippen LogP contribution >= 0.6 is 0 Å². The molecule has 0 spiro atoms. The molecule has 152 valence electrons. The van der Waals surface area contributed by atoms with Crippen LogP contribution < -0.4 is 0 Å². The average Bonchev–Trinajstić information content (AvgIpc) is 3.01. The van der Waals surface area contributed by atoms with Crippen LogP contribution in [0.15, 0.2) is 42.7 Å². The van der Waals surface area contributed by atoms with Gasteiger partial charge in [-0.2, -0.15) is 5.10 Å². The summed E-state index contributed by atoms with van der Waals surface area (Å²) in [4.78, 5) is 22.0. The molecule has 3 heterocycles. The molecule has 3 aromatic rings. The van der Waals surface area contributed by atoms with Crippen molar-refractivity contribution in [2.75, 3.05) is 26.2 Å². The van der Waals surface area contributed by atoms with Crippen molar-refractivity contribution in [2.45, 2.75) is 39.8 Å². The molecule has 1 aliphatic heterocycles. The molecular formula is C23H29N5O. The minimum absolute atomic E-state index is 0.0643. The topological polar surface area (TPSA) is 54.3 Å². The molecule has 1 saturated heterocycles. The lowest BCUT2D eigenvalue weighted by Crippen LogP contribution is -2.35. The number of benzene rings is 1. The molecule has 6 heteroatoms. The predicted molar refractivity (Wildman–Crippen MR) is 115 cm³/mol. The largest absolute Gasteiger partial charge is 0.337 e. The molecule has 0 unspecified atom stereocenters. The standard InChI is InChI=1S/C23H29N5O/c1-17(2)28-22-20(15-25-28)13-21(14-24-22)23(29)27-10-6-9-26(11-12-27)16-19-8-5-4-7-18(19)3/h4-5,7-8,13-15,17H,6,9-12,16H2,1-3H3. The first-order valence-electron chi connectivity index (χ1n) is 10.4. The molecule has 0 N–H and O–H groups in total. The molecule has 4 rings (SSSR count). The second-order valence-electron chi connectivity index (χ2n) is 8.17. The number of fused-ring (bicyclic) bond motifs is 1. The number of pyridine rings is 1. The molecule has 2 aromatic heterocycles. The lowest BCUT2D eigenvalue weighted by Gasteiger charge is -2.22. The Kier molecular flexibility index (Phi) is 5.62. The molecule has 1 fully saturated rings. The Hall–Kier alpha value is -2.73. The van der Waals surface area contributed by atoms with E-state index in [0.717, 1.165) is 50.2 Å². The van der Waals surface area contributed by atoms with Gasteiger partial charge in [-0.25, -0.2) is 9.67 Å². The van der Waals surface area contributed by atoms with Crippen molar-refractivity contribution in [1.82, 2.24) is 24.6 Å². The van der Waals surface area contributed by atoms with Gasteiger partial charge in [-0.15, -0.1) is 0 Å². The Morgan fingerprint density at radius 1 is 1.10 bits per heavy atom. The summed E-state index contributed by atoms with van der Waals surface area (Å²) in [5.41, 5.74) is 4.17. The fourth-order valence-electron chi connectivity index (χ4n) is 3.98. The highest BCUT2D eigenvalue weighted by Gasteiger charge is 2.21. The van der Waals surface area contributed by atoms with Crippen LogP contribution in [-0.4, -0.2) is 56.7 Å². The summed E-state index contributed by atoms with van der Waals surface area (Å²) in [6.07, 6.45) is 4.48. The minimum Gasteiger partial charge on any atom is -0.337 e. The van der Waals surface area contributed by atoms with Crippen LogP contribution in [0.2, 0.25) is 0 Å². The Balaban J connectivity index is 1.44. The highest BCUT2D eigenvalue weighted by molar-refractivity contribution is 5.96. The summed E-state index contributed by atoms with van der Waals surface area (Å²) in [6.45, 7) is 10.7. The highest BCUT2D eigenvalue weighted by Crippen LogP contribution is 2.19. The fourth-order valence-corrected chi connectivity index (χ4v) is 3.98. The molecule has 0 bridgehead atoms. The van der Waals surface area contributed by atoms with Crippen molar-refractivity contribution in [3.8, 4) is 0 Å². The number of hydrogen-bond acceptors (Lipinski definition) is 4. The normalized spacial score (nSPS) is 15.8. The van der Waals surface area contributed by atoms with Gasteiger partial charge in [0.1, 0.15) is 0 Å². The van der Waals surface area contributed by atoms with E-state index in [2.05, 4.69) is 60.0 Å². The lowest BCUT2D eigenvalue weighted by atomic mass is 10.1. The second-order valence-corrected chi connectivity index (χ2v) is 8.17. The first kappa shape index (κ1) is 19.6. The van der Waals surface area contributed by atoms with Gasteiger partial charge in [-0.3, -0.25) is 9.69 Å². The van der Waals surface area contributed by atoms with E-state index >= 15 is 0 Å². The number of aryl methyl sites for hydroxylation is 1. The van der Waals surface area contributed by atoms with E-state index < -0.39 is 0 Å². The number of hydrogen-bond donors (Lipinski definition) is 0. The molecule has 0 saturated carbocycles. The number of amides is 1. The molecule has 29 heavy (non-hydrogen) atoms. The van der Waals surface area contributed by atoms with E-state index in [9.17, 15) is 4.79 Å². The van der Waals surface area contributed by atoms with E-state index in [0.29, 0.717) is 5.56 Å². The quantitative estimate of drug-likeness (QED) is 0.681. The Morgan fingerprint density at radius 2 is 1.93 bits per heavy atom. The zero-order valence-electron chi connectivity index (χ0n) is 17.5. The monoisotopic (exact) mass is 391 g/mol. The van der Waals surface area contributed by atoms with Gasteiger partial charge in [0.25, 0.3) is 5.91 Å². The molecule has 6 nitrogen and oxygen atoms in total. The third kappa shape index (κ3) is 4.17. The summed E-state index contributed by atoms with van der Waals surface area (Å²) < 4.78 is 1.89. The van der Waals surface area contributed by atoms with Crippen molar-refractivity contribution in [3.05, 3.63) is 59.4 Å². The van der Waals surface area contributed by atoms with Crippen molar-refractivity contribution < 1.29 is 4.79 Å². The van der Waals surface area contributed by atoms with Gasteiger partial charge in [0.2, 0.25) is 0 Å². The maximum absolute atomic E-state index is 13.1. The van der Waals surface area contributed by atoms with Crippen LogP contribution in [0.3, 0.4) is 0 Å². The van der Waals surface area contributed by atoms with Crippen LogP contribution in [0.4, 0.5) is 0 Å². The summed E-state index contributed by atoms with van der Waals surface area (Å²) in [6, 6.07) is 10.7. The van der Waals surface area contributed by atoms with Gasteiger partial charge < -0.3 is 4.90 Å². The van der Waals surface area contributed by atoms with Crippen LogP contribution in [0.25, 0.3) is 11.0 Å². The van der Waals surface area contributed by atoms with E-state index in [4.69, 9.17) is 0 Å². The Bertz CT molecular complexity index is 1010. The first-order valence-corrected chi connectivity index (χ1v) is 10.4. The van der Waals surface area contributed by atoms with E-state index in [1.54, 1.807) is 12.4 Å². The van der Waals surface area contributed by atoms with Gasteiger partial charge in [-0.1, -0.05) is 24.3 Å². The average molecular weight is 392 g/mol. The zero-order valence-corrected chi connectivity index (χ0v) is 17.5. The Morgan fingerprint density at radius 3 is 2.72 bits per heavy atom. The van der Waals surface area contributed by atoms with Crippen LogP contribution in [0.5, 0.6) is 0 Å². The van der Waals surface area contributed by atoms with Crippen LogP contribution in [-0.2, 0) is 6.54 Å². The maximum atomic E-state index is 13.1. The minimum atomic E-state index is 0.0643.